The van der Waals surface area contributed by atoms with Gasteiger partial charge in [0, 0.05) is 30.5 Å². The van der Waals surface area contributed by atoms with Crippen LogP contribution in [0, 0.1) is 0 Å². The van der Waals surface area contributed by atoms with Crippen LogP contribution in [0.1, 0.15) is 17.9 Å². The Labute approximate surface area is 158 Å². The number of methoxy groups -OCH3 is 2. The van der Waals surface area contributed by atoms with Crippen molar-refractivity contribution < 1.29 is 14.6 Å². The van der Waals surface area contributed by atoms with Crippen LogP contribution in [-0.2, 0) is 0 Å². The zero-order chi connectivity index (χ0) is 18.8. The van der Waals surface area contributed by atoms with Gasteiger partial charge in [0.1, 0.15) is 12.1 Å². The van der Waals surface area contributed by atoms with Crippen molar-refractivity contribution in [3.8, 4) is 11.5 Å². The Kier molecular flexibility index (Phi) is 4.81. The predicted octanol–water partition coefficient (Wildman–Crippen LogP) is 3.00. The van der Waals surface area contributed by atoms with Crippen LogP contribution < -0.4 is 14.4 Å². The molecule has 0 spiro atoms. The molecular formula is C21H23N3O3. The Morgan fingerprint density at radius 2 is 1.78 bits per heavy atom. The molecular weight excluding hydrogens is 342 g/mol. The molecule has 0 unspecified atom stereocenters. The Morgan fingerprint density at radius 1 is 1.04 bits per heavy atom. The summed E-state index contributed by atoms with van der Waals surface area (Å²) in [4.78, 5) is 11.2. The van der Waals surface area contributed by atoms with Crippen LogP contribution in [0.4, 0.5) is 5.82 Å². The number of aliphatic hydroxyl groups is 1. The first-order chi connectivity index (χ1) is 13.2. The SMILES string of the molecule is COc1cc2ncnc(N3CC[C@H](O)[C@H](c4ccccc4)C3)c2cc1OC. The van der Waals surface area contributed by atoms with Crippen molar-refractivity contribution in [2.75, 3.05) is 32.2 Å². The van der Waals surface area contributed by atoms with Crippen LogP contribution in [0.5, 0.6) is 11.5 Å². The number of ether oxygens (including phenoxy) is 2. The first-order valence-electron chi connectivity index (χ1n) is 9.06. The van der Waals surface area contributed by atoms with E-state index in [1.54, 1.807) is 20.5 Å². The lowest BCUT2D eigenvalue weighted by molar-refractivity contribution is 0.122. The summed E-state index contributed by atoms with van der Waals surface area (Å²) < 4.78 is 10.8. The first-order valence-corrected chi connectivity index (χ1v) is 9.06. The molecule has 1 aliphatic heterocycles. The number of rotatable bonds is 4. The molecule has 2 atom stereocenters. The lowest BCUT2D eigenvalue weighted by Crippen LogP contribution is -2.42. The van der Waals surface area contributed by atoms with Gasteiger partial charge in [0.15, 0.2) is 11.5 Å². The zero-order valence-corrected chi connectivity index (χ0v) is 15.5. The van der Waals surface area contributed by atoms with E-state index in [0.29, 0.717) is 24.5 Å². The molecule has 27 heavy (non-hydrogen) atoms. The third-order valence-corrected chi connectivity index (χ3v) is 5.22. The van der Waals surface area contributed by atoms with Gasteiger partial charge in [-0.3, -0.25) is 0 Å². The number of aromatic nitrogens is 2. The molecule has 2 heterocycles. The average molecular weight is 365 g/mol. The van der Waals surface area contributed by atoms with Crippen molar-refractivity contribution in [2.24, 2.45) is 0 Å². The minimum absolute atomic E-state index is 0.0464. The molecule has 1 aliphatic rings. The summed E-state index contributed by atoms with van der Waals surface area (Å²) in [6.45, 7) is 1.44. The van der Waals surface area contributed by atoms with Crippen LogP contribution in [0.2, 0.25) is 0 Å². The van der Waals surface area contributed by atoms with Gasteiger partial charge in [0.05, 0.1) is 25.8 Å². The lowest BCUT2D eigenvalue weighted by atomic mass is 9.88. The molecule has 1 fully saturated rings. The number of hydrogen-bond donors (Lipinski definition) is 1. The van der Waals surface area contributed by atoms with Crippen molar-refractivity contribution in [1.29, 1.82) is 0 Å². The normalized spacial score (nSPS) is 19.9. The first kappa shape index (κ1) is 17.5. The largest absolute Gasteiger partial charge is 0.493 e. The summed E-state index contributed by atoms with van der Waals surface area (Å²) >= 11 is 0. The fraction of sp³-hybridized carbons (Fsp3) is 0.333. The average Bonchev–Trinajstić information content (AvgIpc) is 2.73. The van der Waals surface area contributed by atoms with Gasteiger partial charge in [-0.05, 0) is 18.1 Å². The van der Waals surface area contributed by atoms with Crippen molar-refractivity contribution in [1.82, 2.24) is 9.97 Å². The molecule has 6 heteroatoms. The highest BCUT2D eigenvalue weighted by Gasteiger charge is 2.30. The molecule has 4 rings (SSSR count). The van der Waals surface area contributed by atoms with Gasteiger partial charge in [-0.25, -0.2) is 9.97 Å². The third kappa shape index (κ3) is 3.28. The van der Waals surface area contributed by atoms with Crippen LogP contribution in [-0.4, -0.2) is 48.5 Å². The van der Waals surface area contributed by atoms with Gasteiger partial charge in [0.2, 0.25) is 0 Å². The van der Waals surface area contributed by atoms with Gasteiger partial charge >= 0.3 is 0 Å². The van der Waals surface area contributed by atoms with Crippen molar-refractivity contribution in [3.63, 3.8) is 0 Å². The maximum atomic E-state index is 10.6. The topological polar surface area (TPSA) is 67.7 Å². The minimum atomic E-state index is -0.355. The fourth-order valence-corrected chi connectivity index (χ4v) is 3.78. The third-order valence-electron chi connectivity index (χ3n) is 5.22. The van der Waals surface area contributed by atoms with E-state index in [9.17, 15) is 5.11 Å². The lowest BCUT2D eigenvalue weighted by Gasteiger charge is -2.37. The number of anilines is 1. The number of fused-ring (bicyclic) bond motifs is 1. The number of hydrogen-bond acceptors (Lipinski definition) is 6. The second-order valence-electron chi connectivity index (χ2n) is 6.74. The molecule has 1 N–H and O–H groups in total. The molecule has 0 aliphatic carbocycles. The summed E-state index contributed by atoms with van der Waals surface area (Å²) in [7, 11) is 3.23. The van der Waals surface area contributed by atoms with Crippen LogP contribution in [0.3, 0.4) is 0 Å². The number of piperidine rings is 1. The molecule has 0 bridgehead atoms. The Hall–Kier alpha value is -2.86. The van der Waals surface area contributed by atoms with Crippen molar-refractivity contribution in [3.05, 3.63) is 54.4 Å². The Balaban J connectivity index is 1.73. The van der Waals surface area contributed by atoms with Gasteiger partial charge in [-0.1, -0.05) is 30.3 Å². The molecule has 1 aromatic heterocycles. The van der Waals surface area contributed by atoms with Crippen LogP contribution in [0.25, 0.3) is 10.9 Å². The summed E-state index contributed by atoms with van der Waals surface area (Å²) in [5.74, 6) is 2.20. The highest BCUT2D eigenvalue weighted by atomic mass is 16.5. The summed E-state index contributed by atoms with van der Waals surface area (Å²) in [5.41, 5.74) is 1.95. The molecule has 2 aromatic carbocycles. The smallest absolute Gasteiger partial charge is 0.162 e. The van der Waals surface area contributed by atoms with Crippen LogP contribution >= 0.6 is 0 Å². The highest BCUT2D eigenvalue weighted by Crippen LogP contribution is 2.37. The van der Waals surface area contributed by atoms with E-state index in [-0.39, 0.29) is 12.0 Å². The molecule has 0 saturated carbocycles. The highest BCUT2D eigenvalue weighted by molar-refractivity contribution is 5.92. The van der Waals surface area contributed by atoms with Gasteiger partial charge in [0.25, 0.3) is 0 Å². The quantitative estimate of drug-likeness (QED) is 0.767. The van der Waals surface area contributed by atoms with Crippen LogP contribution in [0.15, 0.2) is 48.8 Å². The second-order valence-corrected chi connectivity index (χ2v) is 6.74. The number of benzene rings is 2. The predicted molar refractivity (Wildman–Crippen MR) is 105 cm³/mol. The molecule has 140 valence electrons. The van der Waals surface area contributed by atoms with Gasteiger partial charge in [-0.15, -0.1) is 0 Å². The summed E-state index contributed by atoms with van der Waals surface area (Å²) in [6, 6.07) is 14.0. The van der Waals surface area contributed by atoms with Gasteiger partial charge in [-0.2, -0.15) is 0 Å². The number of aliphatic hydroxyl groups excluding tert-OH is 1. The maximum absolute atomic E-state index is 10.6. The second kappa shape index (κ2) is 7.40. The fourth-order valence-electron chi connectivity index (χ4n) is 3.78. The zero-order valence-electron chi connectivity index (χ0n) is 15.5. The van der Waals surface area contributed by atoms with E-state index in [4.69, 9.17) is 9.47 Å². The molecule has 0 amide bonds. The summed E-state index contributed by atoms with van der Waals surface area (Å²) in [6.07, 6.45) is 1.91. The standard InChI is InChI=1S/C21H23N3O3/c1-26-19-10-15-17(11-20(19)27-2)22-13-23-21(15)24-9-8-18(25)16(12-24)14-6-4-3-5-7-14/h3-7,10-11,13,16,18,25H,8-9,12H2,1-2H3/t16-,18-/m0/s1. The monoisotopic (exact) mass is 365 g/mol. The van der Waals surface area contributed by atoms with E-state index in [1.165, 1.54) is 0 Å². The molecule has 6 nitrogen and oxygen atoms in total. The molecule has 0 radical (unpaired) electrons. The van der Waals surface area contributed by atoms with Crippen molar-refractivity contribution in [2.45, 2.75) is 18.4 Å². The maximum Gasteiger partial charge on any atom is 0.162 e. The molecule has 1 saturated heterocycles. The van der Waals surface area contributed by atoms with E-state index in [2.05, 4.69) is 27.0 Å². The Morgan fingerprint density at radius 3 is 2.52 bits per heavy atom. The molecule has 3 aromatic rings. The number of nitrogens with zero attached hydrogens (tertiary/aromatic N) is 3. The van der Waals surface area contributed by atoms with Crippen molar-refractivity contribution >= 4 is 16.7 Å². The van der Waals surface area contributed by atoms with E-state index < -0.39 is 0 Å². The van der Waals surface area contributed by atoms with E-state index in [1.807, 2.05) is 30.3 Å². The van der Waals surface area contributed by atoms with E-state index >= 15 is 0 Å². The van der Waals surface area contributed by atoms with Gasteiger partial charge < -0.3 is 19.5 Å². The minimum Gasteiger partial charge on any atom is -0.493 e. The van der Waals surface area contributed by atoms with E-state index in [0.717, 1.165) is 28.8 Å². The summed E-state index contributed by atoms with van der Waals surface area (Å²) in [5, 5.41) is 11.5. The Bertz CT molecular complexity index is 933.